The number of likely N-dealkylation sites (N-methyl/N-ethyl adjacent to an activating group) is 1. The van der Waals surface area contributed by atoms with E-state index >= 15 is 0 Å². The molecule has 2 nitrogen and oxygen atoms in total. The third kappa shape index (κ3) is 4.08. The van der Waals surface area contributed by atoms with Crippen molar-refractivity contribution in [2.45, 2.75) is 57.9 Å². The van der Waals surface area contributed by atoms with Crippen molar-refractivity contribution < 1.29 is 4.74 Å². The quantitative estimate of drug-likeness (QED) is 0.814. The first-order valence-electron chi connectivity index (χ1n) is 8.55. The minimum Gasteiger partial charge on any atom is -0.381 e. The van der Waals surface area contributed by atoms with Gasteiger partial charge < -0.3 is 10.1 Å². The van der Waals surface area contributed by atoms with Crippen molar-refractivity contribution in [1.29, 1.82) is 0 Å². The summed E-state index contributed by atoms with van der Waals surface area (Å²) in [5, 5.41) is 3.79. The van der Waals surface area contributed by atoms with E-state index in [1.807, 2.05) is 0 Å². The van der Waals surface area contributed by atoms with Gasteiger partial charge in [-0.05, 0) is 43.7 Å². The molecule has 0 saturated carbocycles. The molecule has 2 heteroatoms. The van der Waals surface area contributed by atoms with Crippen molar-refractivity contribution in [1.82, 2.24) is 5.32 Å². The number of benzene rings is 1. The van der Waals surface area contributed by atoms with Gasteiger partial charge in [-0.2, -0.15) is 0 Å². The average Bonchev–Trinajstić information content (AvgIpc) is 2.53. The Bertz CT molecular complexity index is 395. The fourth-order valence-corrected chi connectivity index (χ4v) is 3.66. The Balaban J connectivity index is 2.27. The fraction of sp³-hybridized carbons (Fsp3) is 0.684. The molecular formula is C19H31NO. The molecule has 1 fully saturated rings. The van der Waals surface area contributed by atoms with Gasteiger partial charge in [0, 0.05) is 24.7 Å². The van der Waals surface area contributed by atoms with Crippen LogP contribution in [-0.4, -0.2) is 25.8 Å². The normalized spacial score (nSPS) is 19.6. The van der Waals surface area contributed by atoms with E-state index in [9.17, 15) is 0 Å². The third-order valence-corrected chi connectivity index (χ3v) is 4.88. The summed E-state index contributed by atoms with van der Waals surface area (Å²) in [6.07, 6.45) is 4.80. The van der Waals surface area contributed by atoms with Crippen LogP contribution in [0.3, 0.4) is 0 Å². The Morgan fingerprint density at radius 2 is 1.76 bits per heavy atom. The average molecular weight is 289 g/mol. The van der Waals surface area contributed by atoms with Crippen LogP contribution in [0.5, 0.6) is 0 Å². The lowest BCUT2D eigenvalue weighted by Crippen LogP contribution is -2.51. The lowest BCUT2D eigenvalue weighted by atomic mass is 9.67. The van der Waals surface area contributed by atoms with Gasteiger partial charge in [-0.1, -0.05) is 51.1 Å². The predicted molar refractivity (Wildman–Crippen MR) is 89.7 cm³/mol. The van der Waals surface area contributed by atoms with E-state index in [2.05, 4.69) is 56.4 Å². The summed E-state index contributed by atoms with van der Waals surface area (Å²) >= 11 is 0. The second-order valence-electron chi connectivity index (χ2n) is 6.72. The topological polar surface area (TPSA) is 21.3 Å². The van der Waals surface area contributed by atoms with Gasteiger partial charge in [0.1, 0.15) is 0 Å². The summed E-state index contributed by atoms with van der Waals surface area (Å²) in [4.78, 5) is 0. The van der Waals surface area contributed by atoms with Crippen LogP contribution in [-0.2, 0) is 10.2 Å². The molecule has 1 aromatic rings. The SMILES string of the molecule is CCNC(CCC(C)C)C1(c2ccccc2)CCOCC1. The van der Waals surface area contributed by atoms with Crippen molar-refractivity contribution in [3.63, 3.8) is 0 Å². The van der Waals surface area contributed by atoms with Crippen molar-refractivity contribution >= 4 is 0 Å². The number of hydrogen-bond donors (Lipinski definition) is 1. The molecule has 0 bridgehead atoms. The van der Waals surface area contributed by atoms with E-state index in [4.69, 9.17) is 4.74 Å². The molecule has 1 N–H and O–H groups in total. The molecule has 0 amide bonds. The van der Waals surface area contributed by atoms with Gasteiger partial charge in [-0.3, -0.25) is 0 Å². The van der Waals surface area contributed by atoms with E-state index in [-0.39, 0.29) is 5.41 Å². The van der Waals surface area contributed by atoms with Gasteiger partial charge in [0.05, 0.1) is 0 Å². The molecule has 118 valence electrons. The van der Waals surface area contributed by atoms with Crippen LogP contribution in [0.1, 0.15) is 52.0 Å². The van der Waals surface area contributed by atoms with Gasteiger partial charge in [0.25, 0.3) is 0 Å². The first kappa shape index (κ1) is 16.5. The highest BCUT2D eigenvalue weighted by atomic mass is 16.5. The molecule has 1 aliphatic rings. The molecule has 1 atom stereocenters. The summed E-state index contributed by atoms with van der Waals surface area (Å²) in [6.45, 7) is 9.68. The summed E-state index contributed by atoms with van der Waals surface area (Å²) in [5.74, 6) is 0.763. The highest BCUT2D eigenvalue weighted by Crippen LogP contribution is 2.40. The van der Waals surface area contributed by atoms with Gasteiger partial charge in [0.15, 0.2) is 0 Å². The number of hydrogen-bond acceptors (Lipinski definition) is 2. The van der Waals surface area contributed by atoms with Crippen LogP contribution in [0.15, 0.2) is 30.3 Å². The molecule has 0 spiro atoms. The molecule has 1 unspecified atom stereocenters. The van der Waals surface area contributed by atoms with Gasteiger partial charge in [-0.15, -0.1) is 0 Å². The van der Waals surface area contributed by atoms with Crippen LogP contribution in [0.4, 0.5) is 0 Å². The molecule has 0 aliphatic carbocycles. The minimum atomic E-state index is 0.240. The molecule has 1 saturated heterocycles. The summed E-state index contributed by atoms with van der Waals surface area (Å²) in [5.41, 5.74) is 1.73. The molecular weight excluding hydrogens is 258 g/mol. The molecule has 0 aromatic heterocycles. The van der Waals surface area contributed by atoms with Crippen LogP contribution < -0.4 is 5.32 Å². The second-order valence-corrected chi connectivity index (χ2v) is 6.72. The van der Waals surface area contributed by atoms with Crippen LogP contribution >= 0.6 is 0 Å². The summed E-state index contributed by atoms with van der Waals surface area (Å²) < 4.78 is 5.67. The van der Waals surface area contributed by atoms with Gasteiger partial charge in [0.2, 0.25) is 0 Å². The third-order valence-electron chi connectivity index (χ3n) is 4.88. The molecule has 21 heavy (non-hydrogen) atoms. The second kappa shape index (κ2) is 7.95. The lowest BCUT2D eigenvalue weighted by Gasteiger charge is -2.45. The van der Waals surface area contributed by atoms with E-state index in [1.54, 1.807) is 0 Å². The Morgan fingerprint density at radius 1 is 1.10 bits per heavy atom. The number of rotatable bonds is 7. The standard InChI is InChI=1S/C19H31NO/c1-4-20-18(11-10-16(2)3)19(12-14-21-15-13-19)17-8-6-5-7-9-17/h5-9,16,18,20H,4,10-15H2,1-3H3. The maximum atomic E-state index is 5.67. The van der Waals surface area contributed by atoms with Crippen LogP contribution in [0.25, 0.3) is 0 Å². The van der Waals surface area contributed by atoms with Gasteiger partial charge >= 0.3 is 0 Å². The van der Waals surface area contributed by atoms with Crippen molar-refractivity contribution in [2.24, 2.45) is 5.92 Å². The highest BCUT2D eigenvalue weighted by molar-refractivity contribution is 5.28. The summed E-state index contributed by atoms with van der Waals surface area (Å²) in [7, 11) is 0. The predicted octanol–water partition coefficient (Wildman–Crippen LogP) is 4.15. The Morgan fingerprint density at radius 3 is 2.33 bits per heavy atom. The van der Waals surface area contributed by atoms with Crippen molar-refractivity contribution in [3.8, 4) is 0 Å². The fourth-order valence-electron chi connectivity index (χ4n) is 3.66. The zero-order valence-electron chi connectivity index (χ0n) is 13.9. The first-order chi connectivity index (χ1) is 10.2. The minimum absolute atomic E-state index is 0.240. The molecule has 1 aliphatic heterocycles. The van der Waals surface area contributed by atoms with Crippen LogP contribution in [0.2, 0.25) is 0 Å². The Labute approximate surface area is 130 Å². The maximum Gasteiger partial charge on any atom is 0.0475 e. The van der Waals surface area contributed by atoms with Crippen LogP contribution in [0, 0.1) is 5.92 Å². The van der Waals surface area contributed by atoms with Crippen molar-refractivity contribution in [3.05, 3.63) is 35.9 Å². The van der Waals surface area contributed by atoms with E-state index in [0.29, 0.717) is 6.04 Å². The molecule has 1 aromatic carbocycles. The van der Waals surface area contributed by atoms with E-state index in [1.165, 1.54) is 18.4 Å². The smallest absolute Gasteiger partial charge is 0.0475 e. The number of nitrogens with one attached hydrogen (secondary N) is 1. The Hall–Kier alpha value is -0.860. The summed E-state index contributed by atoms with van der Waals surface area (Å²) in [6, 6.07) is 11.6. The molecule has 0 radical (unpaired) electrons. The highest BCUT2D eigenvalue weighted by Gasteiger charge is 2.41. The van der Waals surface area contributed by atoms with E-state index < -0.39 is 0 Å². The van der Waals surface area contributed by atoms with E-state index in [0.717, 1.165) is 38.5 Å². The molecule has 1 heterocycles. The van der Waals surface area contributed by atoms with Crippen molar-refractivity contribution in [2.75, 3.05) is 19.8 Å². The lowest BCUT2D eigenvalue weighted by molar-refractivity contribution is 0.0323. The molecule has 2 rings (SSSR count). The number of ether oxygens (including phenoxy) is 1. The first-order valence-corrected chi connectivity index (χ1v) is 8.55. The zero-order valence-corrected chi connectivity index (χ0v) is 13.9. The largest absolute Gasteiger partial charge is 0.381 e. The Kier molecular flexibility index (Phi) is 6.25. The monoisotopic (exact) mass is 289 g/mol. The van der Waals surface area contributed by atoms with Gasteiger partial charge in [-0.25, -0.2) is 0 Å². The maximum absolute atomic E-state index is 5.67. The zero-order chi connectivity index (χ0) is 15.1.